The summed E-state index contributed by atoms with van der Waals surface area (Å²) < 4.78 is 31.8. The van der Waals surface area contributed by atoms with Crippen LogP contribution >= 0.6 is 0 Å². The maximum absolute atomic E-state index is 13.3. The number of unbranched alkanes of at least 4 members (excludes halogenated alkanes) is 2. The van der Waals surface area contributed by atoms with Crippen molar-refractivity contribution in [3.8, 4) is 5.75 Å². The van der Waals surface area contributed by atoms with Gasteiger partial charge < -0.3 is 4.74 Å². The number of esters is 1. The number of carbonyl (C=O) groups excluding carboxylic acids is 1. The van der Waals surface area contributed by atoms with Crippen LogP contribution in [0.25, 0.3) is 0 Å². The van der Waals surface area contributed by atoms with Crippen molar-refractivity contribution in [1.82, 2.24) is 0 Å². The van der Waals surface area contributed by atoms with Crippen molar-refractivity contribution in [3.05, 3.63) is 65.2 Å². The molecule has 0 atom stereocenters. The van der Waals surface area contributed by atoms with Gasteiger partial charge >= 0.3 is 5.97 Å². The molecule has 1 saturated carbocycles. The van der Waals surface area contributed by atoms with Crippen molar-refractivity contribution in [2.24, 2.45) is 5.92 Å². The molecular formula is C24H28F2O2. The fourth-order valence-corrected chi connectivity index (χ4v) is 4.11. The van der Waals surface area contributed by atoms with Gasteiger partial charge in [-0.05, 0) is 67.3 Å². The summed E-state index contributed by atoms with van der Waals surface area (Å²) in [5.41, 5.74) is 1.13. The molecule has 0 aromatic heterocycles. The van der Waals surface area contributed by atoms with Gasteiger partial charge in [-0.15, -0.1) is 0 Å². The summed E-state index contributed by atoms with van der Waals surface area (Å²) in [5.74, 6) is -0.551. The molecule has 28 heavy (non-hydrogen) atoms. The van der Waals surface area contributed by atoms with E-state index in [1.165, 1.54) is 56.9 Å². The number of carbonyl (C=O) groups is 1. The molecule has 3 rings (SSSR count). The molecule has 0 unspecified atom stereocenters. The molecule has 4 heteroatoms. The zero-order valence-corrected chi connectivity index (χ0v) is 16.4. The monoisotopic (exact) mass is 386 g/mol. The molecule has 0 spiro atoms. The predicted octanol–water partition coefficient (Wildman–Crippen LogP) is 7.04. The second-order valence-corrected chi connectivity index (χ2v) is 7.83. The first-order chi connectivity index (χ1) is 13.5. The van der Waals surface area contributed by atoms with Gasteiger partial charge in [0.05, 0.1) is 5.56 Å². The van der Waals surface area contributed by atoms with Crippen LogP contribution in [-0.2, 0) is 0 Å². The van der Waals surface area contributed by atoms with Crippen molar-refractivity contribution in [3.63, 3.8) is 0 Å². The summed E-state index contributed by atoms with van der Waals surface area (Å²) in [6, 6.07) is 10.2. The third-order valence-electron chi connectivity index (χ3n) is 5.72. The summed E-state index contributed by atoms with van der Waals surface area (Å²) in [4.78, 5) is 12.1. The third kappa shape index (κ3) is 5.63. The molecule has 0 radical (unpaired) electrons. The van der Waals surface area contributed by atoms with Crippen LogP contribution in [0, 0.1) is 17.6 Å². The highest BCUT2D eigenvalue weighted by Crippen LogP contribution is 2.38. The Hall–Kier alpha value is -2.23. The molecule has 0 heterocycles. The second kappa shape index (κ2) is 9.81. The van der Waals surface area contributed by atoms with Gasteiger partial charge in [-0.2, -0.15) is 0 Å². The van der Waals surface area contributed by atoms with Crippen molar-refractivity contribution in [1.29, 1.82) is 0 Å². The second-order valence-electron chi connectivity index (χ2n) is 7.83. The lowest BCUT2D eigenvalue weighted by Gasteiger charge is -2.29. The molecule has 1 aliphatic rings. The SMILES string of the molecule is CCCCCC1CCC(c2ccc(OC(=O)c3cc(F)cc(F)c3)cc2)CC1. The smallest absolute Gasteiger partial charge is 0.343 e. The minimum atomic E-state index is -0.799. The Morgan fingerprint density at radius 1 is 0.964 bits per heavy atom. The molecule has 1 fully saturated rings. The summed E-state index contributed by atoms with van der Waals surface area (Å²) >= 11 is 0. The van der Waals surface area contributed by atoms with Crippen LogP contribution in [0.2, 0.25) is 0 Å². The zero-order chi connectivity index (χ0) is 19.9. The predicted molar refractivity (Wildman–Crippen MR) is 107 cm³/mol. The lowest BCUT2D eigenvalue weighted by Crippen LogP contribution is -2.13. The minimum Gasteiger partial charge on any atom is -0.423 e. The van der Waals surface area contributed by atoms with E-state index in [4.69, 9.17) is 4.74 Å². The van der Waals surface area contributed by atoms with Gasteiger partial charge in [0.1, 0.15) is 17.4 Å². The first kappa shape index (κ1) is 20.5. The topological polar surface area (TPSA) is 26.3 Å². The van der Waals surface area contributed by atoms with Crippen LogP contribution in [0.5, 0.6) is 5.75 Å². The largest absolute Gasteiger partial charge is 0.423 e. The molecular weight excluding hydrogens is 358 g/mol. The van der Waals surface area contributed by atoms with Crippen molar-refractivity contribution >= 4 is 5.97 Å². The number of halogens is 2. The average Bonchev–Trinajstić information content (AvgIpc) is 2.69. The van der Waals surface area contributed by atoms with E-state index in [9.17, 15) is 13.6 Å². The summed E-state index contributed by atoms with van der Waals surface area (Å²) in [5, 5.41) is 0. The third-order valence-corrected chi connectivity index (χ3v) is 5.72. The summed E-state index contributed by atoms with van der Waals surface area (Å²) in [6.07, 6.45) is 10.3. The Kier molecular flexibility index (Phi) is 7.18. The molecule has 150 valence electrons. The van der Waals surface area contributed by atoms with Gasteiger partial charge in [-0.3, -0.25) is 0 Å². The molecule has 0 amide bonds. The molecule has 2 nitrogen and oxygen atoms in total. The van der Waals surface area contributed by atoms with E-state index in [1.807, 2.05) is 12.1 Å². The highest BCUT2D eigenvalue weighted by Gasteiger charge is 2.22. The minimum absolute atomic E-state index is 0.136. The molecule has 0 bridgehead atoms. The zero-order valence-electron chi connectivity index (χ0n) is 16.4. The lowest BCUT2D eigenvalue weighted by atomic mass is 9.77. The van der Waals surface area contributed by atoms with Gasteiger partial charge in [0.15, 0.2) is 0 Å². The maximum Gasteiger partial charge on any atom is 0.343 e. The van der Waals surface area contributed by atoms with Crippen molar-refractivity contribution < 1.29 is 18.3 Å². The number of rotatable bonds is 7. The molecule has 2 aromatic carbocycles. The first-order valence-electron chi connectivity index (χ1n) is 10.3. The normalized spacial score (nSPS) is 19.4. The van der Waals surface area contributed by atoms with Crippen LogP contribution in [0.1, 0.15) is 80.1 Å². The number of benzene rings is 2. The van der Waals surface area contributed by atoms with Crippen LogP contribution in [-0.4, -0.2) is 5.97 Å². The highest BCUT2D eigenvalue weighted by atomic mass is 19.1. The average molecular weight is 386 g/mol. The van der Waals surface area contributed by atoms with Gasteiger partial charge in [-0.25, -0.2) is 13.6 Å². The fraction of sp³-hybridized carbons (Fsp3) is 0.458. The Bertz CT molecular complexity index is 757. The van der Waals surface area contributed by atoms with E-state index in [1.54, 1.807) is 12.1 Å². The number of ether oxygens (including phenoxy) is 1. The van der Waals surface area contributed by atoms with E-state index >= 15 is 0 Å². The Morgan fingerprint density at radius 2 is 1.61 bits per heavy atom. The molecule has 2 aromatic rings. The van der Waals surface area contributed by atoms with Gasteiger partial charge in [0.2, 0.25) is 0 Å². The first-order valence-corrected chi connectivity index (χ1v) is 10.3. The van der Waals surface area contributed by atoms with E-state index < -0.39 is 17.6 Å². The Morgan fingerprint density at radius 3 is 2.21 bits per heavy atom. The van der Waals surface area contributed by atoms with Crippen molar-refractivity contribution in [2.45, 2.75) is 64.2 Å². The quantitative estimate of drug-likeness (QED) is 0.290. The lowest BCUT2D eigenvalue weighted by molar-refractivity contribution is 0.0733. The van der Waals surface area contributed by atoms with Crippen LogP contribution < -0.4 is 4.74 Å². The number of hydrogen-bond donors (Lipinski definition) is 0. The van der Waals surface area contributed by atoms with Crippen LogP contribution in [0.3, 0.4) is 0 Å². The van der Waals surface area contributed by atoms with Gasteiger partial charge in [0, 0.05) is 6.07 Å². The Labute approximate surface area is 165 Å². The highest BCUT2D eigenvalue weighted by molar-refractivity contribution is 5.91. The van der Waals surface area contributed by atoms with Crippen molar-refractivity contribution in [2.75, 3.05) is 0 Å². The maximum atomic E-state index is 13.3. The van der Waals surface area contributed by atoms with E-state index in [-0.39, 0.29) is 5.56 Å². The summed E-state index contributed by atoms with van der Waals surface area (Å²) in [6.45, 7) is 2.24. The van der Waals surface area contributed by atoms with E-state index in [2.05, 4.69) is 6.92 Å². The summed E-state index contributed by atoms with van der Waals surface area (Å²) in [7, 11) is 0. The van der Waals surface area contributed by atoms with E-state index in [0.29, 0.717) is 11.7 Å². The van der Waals surface area contributed by atoms with Gasteiger partial charge in [-0.1, -0.05) is 44.7 Å². The Balaban J connectivity index is 1.53. The number of hydrogen-bond acceptors (Lipinski definition) is 2. The standard InChI is InChI=1S/C24H28F2O2/c1-2-3-4-5-17-6-8-18(9-7-17)19-10-12-23(13-11-19)28-24(27)20-14-21(25)16-22(26)15-20/h10-18H,2-9H2,1H3. The van der Waals surface area contributed by atoms with E-state index in [0.717, 1.165) is 24.1 Å². The molecule has 0 saturated heterocycles. The molecule has 0 aliphatic heterocycles. The fourth-order valence-electron chi connectivity index (χ4n) is 4.11. The van der Waals surface area contributed by atoms with Crippen LogP contribution in [0.4, 0.5) is 8.78 Å². The van der Waals surface area contributed by atoms with Crippen LogP contribution in [0.15, 0.2) is 42.5 Å². The molecule has 1 aliphatic carbocycles. The molecule has 0 N–H and O–H groups in total. The van der Waals surface area contributed by atoms with Gasteiger partial charge in [0.25, 0.3) is 0 Å².